The maximum atomic E-state index is 4.68. The lowest BCUT2D eigenvalue weighted by atomic mass is 10.3. The Hall–Kier alpha value is -3.23. The monoisotopic (exact) mass is 349 g/mol. The zero-order valence-electron chi connectivity index (χ0n) is 14.7. The Balaban J connectivity index is 1.39. The summed E-state index contributed by atoms with van der Waals surface area (Å²) in [4.78, 5) is 9.17. The second-order valence-electron chi connectivity index (χ2n) is 6.54. The standard InChI is InChI=1S/C17H19N9/c1-12-11-17(26-14(19-12)5-6-18-26)24-9-7-23(8-10-24)16-4-3-15-21-20-13(2)25(15)22-16/h3-6,11H,7-10H2,1-2H3. The summed E-state index contributed by atoms with van der Waals surface area (Å²) in [7, 11) is 0. The van der Waals surface area contributed by atoms with E-state index in [1.54, 1.807) is 10.7 Å². The fraction of sp³-hybridized carbons (Fsp3) is 0.353. The Bertz CT molecular complexity index is 1090. The molecule has 1 fully saturated rings. The van der Waals surface area contributed by atoms with Crippen LogP contribution in [-0.4, -0.2) is 60.6 Å². The van der Waals surface area contributed by atoms with Crippen molar-refractivity contribution in [3.63, 3.8) is 0 Å². The second kappa shape index (κ2) is 5.65. The van der Waals surface area contributed by atoms with Crippen molar-refractivity contribution in [2.75, 3.05) is 36.0 Å². The molecule has 0 bridgehead atoms. The topological polar surface area (TPSA) is 79.8 Å². The molecule has 1 aliphatic rings. The highest BCUT2D eigenvalue weighted by molar-refractivity contribution is 5.53. The lowest BCUT2D eigenvalue weighted by Crippen LogP contribution is -2.47. The molecule has 0 saturated carbocycles. The van der Waals surface area contributed by atoms with Crippen molar-refractivity contribution >= 4 is 22.9 Å². The minimum absolute atomic E-state index is 0.776. The Morgan fingerprint density at radius 1 is 0.846 bits per heavy atom. The number of nitrogens with zero attached hydrogens (tertiary/aromatic N) is 9. The van der Waals surface area contributed by atoms with Gasteiger partial charge in [0, 0.05) is 44.0 Å². The van der Waals surface area contributed by atoms with Crippen LogP contribution in [0.15, 0.2) is 30.5 Å². The Morgan fingerprint density at radius 3 is 2.50 bits per heavy atom. The van der Waals surface area contributed by atoms with Crippen LogP contribution in [0.25, 0.3) is 11.3 Å². The van der Waals surface area contributed by atoms with E-state index in [1.807, 2.05) is 36.6 Å². The highest BCUT2D eigenvalue weighted by Gasteiger charge is 2.21. The molecule has 1 saturated heterocycles. The summed E-state index contributed by atoms with van der Waals surface area (Å²) in [6.07, 6.45) is 1.79. The molecule has 0 N–H and O–H groups in total. The average Bonchev–Trinajstić information content (AvgIpc) is 3.28. The molecule has 4 aromatic rings. The van der Waals surface area contributed by atoms with Gasteiger partial charge in [0.1, 0.15) is 11.6 Å². The van der Waals surface area contributed by atoms with E-state index < -0.39 is 0 Å². The molecule has 0 atom stereocenters. The number of hydrogen-bond acceptors (Lipinski definition) is 7. The van der Waals surface area contributed by atoms with Crippen LogP contribution in [0.3, 0.4) is 0 Å². The van der Waals surface area contributed by atoms with Crippen molar-refractivity contribution in [3.05, 3.63) is 42.0 Å². The molecule has 132 valence electrons. The first-order valence-corrected chi connectivity index (χ1v) is 8.69. The van der Waals surface area contributed by atoms with Crippen LogP contribution in [0.5, 0.6) is 0 Å². The largest absolute Gasteiger partial charge is 0.353 e. The van der Waals surface area contributed by atoms with E-state index in [9.17, 15) is 0 Å². The first-order valence-electron chi connectivity index (χ1n) is 8.69. The van der Waals surface area contributed by atoms with Crippen LogP contribution in [0.1, 0.15) is 11.5 Å². The first kappa shape index (κ1) is 15.1. The molecular formula is C17H19N9. The summed E-state index contributed by atoms with van der Waals surface area (Å²) in [5, 5.41) is 17.3. The number of aromatic nitrogens is 7. The van der Waals surface area contributed by atoms with E-state index in [1.165, 1.54) is 0 Å². The Labute approximate surface area is 149 Å². The number of fused-ring (bicyclic) bond motifs is 2. The lowest BCUT2D eigenvalue weighted by Gasteiger charge is -2.36. The zero-order valence-corrected chi connectivity index (χ0v) is 14.7. The van der Waals surface area contributed by atoms with Gasteiger partial charge in [0.25, 0.3) is 0 Å². The van der Waals surface area contributed by atoms with Crippen molar-refractivity contribution in [2.45, 2.75) is 13.8 Å². The van der Waals surface area contributed by atoms with Crippen molar-refractivity contribution in [2.24, 2.45) is 0 Å². The molecule has 0 aromatic carbocycles. The van der Waals surface area contributed by atoms with Gasteiger partial charge < -0.3 is 9.80 Å². The normalized spacial score (nSPS) is 15.3. The number of hydrogen-bond donors (Lipinski definition) is 0. The summed E-state index contributed by atoms with van der Waals surface area (Å²) in [6.45, 7) is 7.52. The van der Waals surface area contributed by atoms with E-state index in [0.29, 0.717) is 0 Å². The van der Waals surface area contributed by atoms with E-state index in [4.69, 9.17) is 0 Å². The summed E-state index contributed by atoms with van der Waals surface area (Å²) in [5.41, 5.74) is 2.67. The van der Waals surface area contributed by atoms with Crippen molar-refractivity contribution in [1.82, 2.24) is 34.4 Å². The van der Waals surface area contributed by atoms with Crippen molar-refractivity contribution < 1.29 is 0 Å². The maximum Gasteiger partial charge on any atom is 0.178 e. The van der Waals surface area contributed by atoms with E-state index >= 15 is 0 Å². The molecule has 5 rings (SSSR count). The summed E-state index contributed by atoms with van der Waals surface area (Å²) in [6, 6.07) is 8.02. The molecule has 0 radical (unpaired) electrons. The fourth-order valence-electron chi connectivity index (χ4n) is 3.46. The molecule has 0 unspecified atom stereocenters. The van der Waals surface area contributed by atoms with E-state index in [0.717, 1.165) is 60.6 Å². The molecule has 0 amide bonds. The number of anilines is 2. The maximum absolute atomic E-state index is 4.68. The predicted octanol–water partition coefficient (Wildman–Crippen LogP) is 1.11. The van der Waals surface area contributed by atoms with Crippen LogP contribution in [0, 0.1) is 13.8 Å². The molecule has 0 aliphatic carbocycles. The SMILES string of the molecule is Cc1cc(N2CCN(c3ccc4nnc(C)n4n3)CC2)n2nccc2n1. The third kappa shape index (κ3) is 2.35. The molecule has 9 nitrogen and oxygen atoms in total. The van der Waals surface area contributed by atoms with Crippen LogP contribution < -0.4 is 9.80 Å². The molecule has 4 aromatic heterocycles. The molecule has 5 heterocycles. The predicted molar refractivity (Wildman–Crippen MR) is 97.7 cm³/mol. The summed E-state index contributed by atoms with van der Waals surface area (Å²) in [5.74, 6) is 2.85. The third-order valence-electron chi connectivity index (χ3n) is 4.80. The van der Waals surface area contributed by atoms with Gasteiger partial charge in [-0.15, -0.1) is 15.3 Å². The van der Waals surface area contributed by atoms with Gasteiger partial charge in [-0.05, 0) is 26.0 Å². The molecule has 9 heteroatoms. The number of rotatable bonds is 2. The van der Waals surface area contributed by atoms with Gasteiger partial charge >= 0.3 is 0 Å². The minimum atomic E-state index is 0.776. The minimum Gasteiger partial charge on any atom is -0.353 e. The fourth-order valence-corrected chi connectivity index (χ4v) is 3.46. The second-order valence-corrected chi connectivity index (χ2v) is 6.54. The van der Waals surface area contributed by atoms with Gasteiger partial charge in [-0.25, -0.2) is 4.98 Å². The van der Waals surface area contributed by atoms with E-state index in [2.05, 4.69) is 41.2 Å². The summed E-state index contributed by atoms with van der Waals surface area (Å²) >= 11 is 0. The van der Waals surface area contributed by atoms with Crippen LogP contribution in [-0.2, 0) is 0 Å². The third-order valence-corrected chi connectivity index (χ3v) is 4.80. The number of piperazine rings is 1. The van der Waals surface area contributed by atoms with Gasteiger partial charge in [0.05, 0.1) is 6.20 Å². The lowest BCUT2D eigenvalue weighted by molar-refractivity contribution is 0.627. The van der Waals surface area contributed by atoms with Gasteiger partial charge in [-0.1, -0.05) is 0 Å². The van der Waals surface area contributed by atoms with Crippen molar-refractivity contribution in [1.29, 1.82) is 0 Å². The van der Waals surface area contributed by atoms with Gasteiger partial charge in [-0.3, -0.25) is 0 Å². The number of aryl methyl sites for hydroxylation is 2. The molecule has 0 spiro atoms. The molecule has 1 aliphatic heterocycles. The Kier molecular flexibility index (Phi) is 3.27. The zero-order chi connectivity index (χ0) is 17.7. The summed E-state index contributed by atoms with van der Waals surface area (Å²) < 4.78 is 3.70. The average molecular weight is 349 g/mol. The highest BCUT2D eigenvalue weighted by Crippen LogP contribution is 2.21. The van der Waals surface area contributed by atoms with Crippen LogP contribution >= 0.6 is 0 Å². The van der Waals surface area contributed by atoms with Crippen LogP contribution in [0.2, 0.25) is 0 Å². The van der Waals surface area contributed by atoms with E-state index in [-0.39, 0.29) is 0 Å². The van der Waals surface area contributed by atoms with Crippen molar-refractivity contribution in [3.8, 4) is 0 Å². The smallest absolute Gasteiger partial charge is 0.178 e. The van der Waals surface area contributed by atoms with Gasteiger partial charge in [0.2, 0.25) is 0 Å². The van der Waals surface area contributed by atoms with Gasteiger partial charge in [-0.2, -0.15) is 14.1 Å². The Morgan fingerprint density at radius 2 is 1.65 bits per heavy atom. The van der Waals surface area contributed by atoms with Crippen LogP contribution in [0.4, 0.5) is 11.6 Å². The highest BCUT2D eigenvalue weighted by atomic mass is 15.4. The molecular weight excluding hydrogens is 330 g/mol. The van der Waals surface area contributed by atoms with Gasteiger partial charge in [0.15, 0.2) is 17.1 Å². The molecule has 26 heavy (non-hydrogen) atoms. The quantitative estimate of drug-likeness (QED) is 0.536. The first-order chi connectivity index (χ1) is 12.7.